The van der Waals surface area contributed by atoms with Gasteiger partial charge in [-0.2, -0.15) is 0 Å². The highest BCUT2D eigenvalue weighted by Gasteiger charge is 2.75. The number of hydrogen-bond donors (Lipinski definition) is 2. The van der Waals surface area contributed by atoms with Crippen molar-refractivity contribution in [3.8, 4) is 0 Å². The van der Waals surface area contributed by atoms with Gasteiger partial charge in [0, 0.05) is 16.4 Å². The fourth-order valence-electron chi connectivity index (χ4n) is 8.13. The van der Waals surface area contributed by atoms with Gasteiger partial charge in [0.15, 0.2) is 11.6 Å². The molecule has 7 heteroatoms. The molecule has 3 fully saturated rings. The number of carbonyl (C=O) groups is 2. The van der Waals surface area contributed by atoms with Crippen LogP contribution in [0.1, 0.15) is 52.2 Å². The maximum atomic E-state index is 12.9. The number of fused-ring (bicyclic) bond motifs is 5. The third kappa shape index (κ3) is 2.63. The van der Waals surface area contributed by atoms with E-state index in [4.69, 9.17) is 27.6 Å². The third-order valence-electron chi connectivity index (χ3n) is 9.75. The van der Waals surface area contributed by atoms with Crippen molar-refractivity contribution in [1.29, 1.82) is 0 Å². The summed E-state index contributed by atoms with van der Waals surface area (Å²) in [5, 5.41) is 23.5. The fourth-order valence-corrected chi connectivity index (χ4v) is 8.89. The highest BCUT2D eigenvalue weighted by molar-refractivity contribution is 6.29. The largest absolute Gasteiger partial charge is 0.465 e. The SMILES string of the molecule is C[C@@H]1C[C@H]2C3CCC4=CC(=O)C=C(c5ccco5)[C@]4(C)[C@@]3(Cl)[C@@H](O)C[C@]2(C)[C@@]1(O)C(=O)CCl. The normalized spacial score (nSPS) is 46.7. The van der Waals surface area contributed by atoms with E-state index in [1.807, 2.05) is 26.8 Å². The predicted molar refractivity (Wildman–Crippen MR) is 126 cm³/mol. The zero-order valence-electron chi connectivity index (χ0n) is 19.1. The summed E-state index contributed by atoms with van der Waals surface area (Å²) in [6.07, 6.45) is 5.86. The Bertz CT molecular complexity index is 1080. The molecule has 1 heterocycles. The van der Waals surface area contributed by atoms with Crippen LogP contribution in [-0.2, 0) is 9.59 Å². The number of carbonyl (C=O) groups excluding carboxylic acids is 2. The zero-order chi connectivity index (χ0) is 24.0. The number of ketones is 2. The summed E-state index contributed by atoms with van der Waals surface area (Å²) in [7, 11) is 0. The molecule has 0 bridgehead atoms. The Morgan fingerprint density at radius 1 is 1.27 bits per heavy atom. The predicted octanol–water partition coefficient (Wildman–Crippen LogP) is 4.53. The molecule has 0 radical (unpaired) electrons. The van der Waals surface area contributed by atoms with Gasteiger partial charge in [-0.3, -0.25) is 9.59 Å². The van der Waals surface area contributed by atoms with Crippen LogP contribution >= 0.6 is 23.2 Å². The van der Waals surface area contributed by atoms with Gasteiger partial charge in [-0.25, -0.2) is 0 Å². The minimum atomic E-state index is -1.61. The zero-order valence-corrected chi connectivity index (χ0v) is 20.6. The highest BCUT2D eigenvalue weighted by Crippen LogP contribution is 2.73. The number of allylic oxidation sites excluding steroid dienone is 4. The van der Waals surface area contributed by atoms with Crippen LogP contribution in [0.15, 0.2) is 40.5 Å². The molecular weight excluding hydrogens is 463 g/mol. The van der Waals surface area contributed by atoms with Gasteiger partial charge in [0.2, 0.25) is 0 Å². The number of aliphatic hydroxyl groups is 2. The summed E-state index contributed by atoms with van der Waals surface area (Å²) in [5.41, 5.74) is -1.73. The van der Waals surface area contributed by atoms with Crippen LogP contribution in [0.2, 0.25) is 0 Å². The molecule has 33 heavy (non-hydrogen) atoms. The molecule has 3 saturated carbocycles. The Kier molecular flexibility index (Phi) is 5.17. The molecule has 1 aromatic heterocycles. The Morgan fingerprint density at radius 3 is 2.64 bits per heavy atom. The smallest absolute Gasteiger partial charge is 0.179 e. The fraction of sp³-hybridized carbons (Fsp3) is 0.615. The Morgan fingerprint density at radius 2 is 2.00 bits per heavy atom. The standard InChI is InChI=1S/C26H30Cl2O5/c1-14-9-18-17-7-6-15-10-16(29)11-19(20-5-4-8-33-20)24(15,3)25(17,28)21(30)12-23(18,2)26(14,32)22(31)13-27/h4-5,8,10-11,14,17-18,21,30,32H,6-7,9,12-13H2,1-3H3/t14-,17?,18+,21+,23+,24-,25+,26+/m1/s1. The lowest BCUT2D eigenvalue weighted by atomic mass is 9.44. The van der Waals surface area contributed by atoms with Gasteiger partial charge in [-0.1, -0.05) is 19.4 Å². The summed E-state index contributed by atoms with van der Waals surface area (Å²) in [6, 6.07) is 3.58. The van der Waals surface area contributed by atoms with E-state index in [1.165, 1.54) is 0 Å². The van der Waals surface area contributed by atoms with Gasteiger partial charge in [0.25, 0.3) is 0 Å². The summed E-state index contributed by atoms with van der Waals surface area (Å²) >= 11 is 13.5. The Labute approximate surface area is 203 Å². The van der Waals surface area contributed by atoms with Gasteiger partial charge >= 0.3 is 0 Å². The van der Waals surface area contributed by atoms with Crippen molar-refractivity contribution in [2.24, 2.45) is 28.6 Å². The van der Waals surface area contributed by atoms with Gasteiger partial charge in [-0.05, 0) is 74.6 Å². The van der Waals surface area contributed by atoms with Gasteiger partial charge < -0.3 is 14.6 Å². The van der Waals surface area contributed by atoms with Crippen LogP contribution in [0.3, 0.4) is 0 Å². The quantitative estimate of drug-likeness (QED) is 0.605. The third-order valence-corrected chi connectivity index (χ3v) is 10.9. The second kappa shape index (κ2) is 7.30. The molecule has 1 aromatic rings. The van der Waals surface area contributed by atoms with E-state index in [-0.39, 0.29) is 35.8 Å². The molecular formula is C26H30Cl2O5. The molecule has 0 saturated heterocycles. The Hall–Kier alpha value is -1.40. The first-order valence-corrected chi connectivity index (χ1v) is 12.6. The Balaban J connectivity index is 1.68. The molecule has 178 valence electrons. The van der Waals surface area contributed by atoms with E-state index < -0.39 is 33.2 Å². The molecule has 0 aromatic carbocycles. The van der Waals surface area contributed by atoms with E-state index in [0.717, 1.165) is 5.57 Å². The number of halogens is 2. The van der Waals surface area contributed by atoms with Gasteiger partial charge in [-0.15, -0.1) is 23.2 Å². The minimum Gasteiger partial charge on any atom is -0.465 e. The average Bonchev–Trinajstić information content (AvgIpc) is 3.37. The molecule has 8 atom stereocenters. The van der Waals surface area contributed by atoms with Crippen molar-refractivity contribution >= 4 is 40.3 Å². The van der Waals surface area contributed by atoms with Gasteiger partial charge in [0.1, 0.15) is 11.4 Å². The maximum absolute atomic E-state index is 12.9. The summed E-state index contributed by atoms with van der Waals surface area (Å²) in [4.78, 5) is 24.4. The first kappa shape index (κ1) is 23.3. The van der Waals surface area contributed by atoms with E-state index in [9.17, 15) is 19.8 Å². The van der Waals surface area contributed by atoms with Crippen LogP contribution < -0.4 is 0 Å². The summed E-state index contributed by atoms with van der Waals surface area (Å²) in [6.45, 7) is 5.80. The lowest BCUT2D eigenvalue weighted by molar-refractivity contribution is -0.175. The van der Waals surface area contributed by atoms with E-state index >= 15 is 0 Å². The molecule has 0 aliphatic heterocycles. The van der Waals surface area contributed by atoms with Crippen LogP contribution in [0.4, 0.5) is 0 Å². The second-order valence-electron chi connectivity index (χ2n) is 10.8. The number of alkyl halides is 2. The van der Waals surface area contributed by atoms with Gasteiger partial charge in [0.05, 0.1) is 23.1 Å². The van der Waals surface area contributed by atoms with Crippen molar-refractivity contribution in [3.63, 3.8) is 0 Å². The monoisotopic (exact) mass is 492 g/mol. The molecule has 5 nitrogen and oxygen atoms in total. The van der Waals surface area contributed by atoms with Crippen molar-refractivity contribution < 1.29 is 24.2 Å². The van der Waals surface area contributed by atoms with Crippen LogP contribution in [0, 0.1) is 28.6 Å². The van der Waals surface area contributed by atoms with Crippen molar-refractivity contribution in [2.45, 2.75) is 63.0 Å². The highest BCUT2D eigenvalue weighted by atomic mass is 35.5. The number of Topliss-reactive ketones (excluding diaryl/α,β-unsaturated/α-hetero) is 1. The minimum absolute atomic E-state index is 0.0839. The lowest BCUT2D eigenvalue weighted by Gasteiger charge is -2.64. The van der Waals surface area contributed by atoms with Crippen LogP contribution in [0.5, 0.6) is 0 Å². The van der Waals surface area contributed by atoms with E-state index in [0.29, 0.717) is 30.6 Å². The molecule has 0 amide bonds. The molecule has 4 aliphatic carbocycles. The first-order valence-electron chi connectivity index (χ1n) is 11.7. The molecule has 0 spiro atoms. The molecule has 2 N–H and O–H groups in total. The number of aliphatic hydroxyl groups excluding tert-OH is 1. The maximum Gasteiger partial charge on any atom is 0.179 e. The second-order valence-corrected chi connectivity index (χ2v) is 11.7. The van der Waals surface area contributed by atoms with Crippen molar-refractivity contribution in [2.75, 3.05) is 5.88 Å². The van der Waals surface area contributed by atoms with Crippen molar-refractivity contribution in [3.05, 3.63) is 41.9 Å². The molecule has 1 unspecified atom stereocenters. The number of rotatable bonds is 3. The summed E-state index contributed by atoms with van der Waals surface area (Å²) < 4.78 is 5.71. The van der Waals surface area contributed by atoms with E-state index in [2.05, 4.69) is 0 Å². The lowest BCUT2D eigenvalue weighted by Crippen LogP contribution is -2.69. The molecule has 5 rings (SSSR count). The topological polar surface area (TPSA) is 87.7 Å². The number of furan rings is 1. The van der Waals surface area contributed by atoms with Crippen LogP contribution in [-0.4, -0.2) is 44.2 Å². The van der Waals surface area contributed by atoms with E-state index in [1.54, 1.807) is 24.5 Å². The average molecular weight is 493 g/mol. The van der Waals surface area contributed by atoms with Crippen molar-refractivity contribution in [1.82, 2.24) is 0 Å². The molecule has 4 aliphatic rings. The van der Waals surface area contributed by atoms with Crippen LogP contribution in [0.25, 0.3) is 5.57 Å². The summed E-state index contributed by atoms with van der Waals surface area (Å²) in [5.74, 6) is -0.777. The first-order chi connectivity index (χ1) is 15.5. The number of hydrogen-bond acceptors (Lipinski definition) is 5.